The summed E-state index contributed by atoms with van der Waals surface area (Å²) in [6, 6.07) is 19.2. The molecule has 2 aromatic rings. The molecule has 0 aliphatic carbocycles. The van der Waals surface area contributed by atoms with Gasteiger partial charge >= 0.3 is 0 Å². The van der Waals surface area contributed by atoms with E-state index in [1.165, 1.54) is 47.9 Å². The Morgan fingerprint density at radius 3 is 1.19 bits per heavy atom. The van der Waals surface area contributed by atoms with Crippen LogP contribution >= 0.6 is 0 Å². The lowest BCUT2D eigenvalue weighted by Crippen LogP contribution is -2.20. The van der Waals surface area contributed by atoms with Gasteiger partial charge in [0.2, 0.25) is 0 Å². The second-order valence-corrected chi connectivity index (χ2v) is 11.4. The van der Waals surface area contributed by atoms with E-state index in [2.05, 4.69) is 90.1 Å². The Labute approximate surface area is 198 Å². The predicted octanol–water partition coefficient (Wildman–Crippen LogP) is 7.06. The Morgan fingerprint density at radius 1 is 0.594 bits per heavy atom. The second-order valence-electron chi connectivity index (χ2n) is 11.4. The Balaban J connectivity index is 1.88. The first kappa shape index (κ1) is 26.6. The summed E-state index contributed by atoms with van der Waals surface area (Å²) in [5.41, 5.74) is 17.9. The van der Waals surface area contributed by atoms with Crippen molar-refractivity contribution in [3.05, 3.63) is 70.8 Å². The van der Waals surface area contributed by atoms with E-state index in [-0.39, 0.29) is 10.8 Å². The lowest BCUT2D eigenvalue weighted by Gasteiger charge is -2.26. The quantitative estimate of drug-likeness (QED) is 0.353. The highest BCUT2D eigenvalue weighted by atomic mass is 14.6. The molecule has 0 saturated heterocycles. The summed E-state index contributed by atoms with van der Waals surface area (Å²) in [7, 11) is 0. The topological polar surface area (TPSA) is 52.0 Å². The zero-order valence-corrected chi connectivity index (χ0v) is 21.6. The van der Waals surface area contributed by atoms with Crippen LogP contribution in [0.15, 0.2) is 48.5 Å². The largest absolute Gasteiger partial charge is 0.328 e. The highest BCUT2D eigenvalue weighted by Gasteiger charge is 2.21. The molecule has 178 valence electrons. The Bertz CT molecular complexity index is 713. The molecule has 2 atom stereocenters. The molecule has 0 aromatic heterocycles. The molecule has 2 rings (SSSR count). The number of hydrogen-bond donors (Lipinski definition) is 2. The molecule has 0 radical (unpaired) electrons. The normalized spacial score (nSPS) is 14.4. The zero-order chi connectivity index (χ0) is 23.8. The molecule has 0 aliphatic rings. The van der Waals surface area contributed by atoms with Gasteiger partial charge in [-0.2, -0.15) is 0 Å². The molecular formula is C30H48N2. The highest BCUT2D eigenvalue weighted by Crippen LogP contribution is 2.31. The third-order valence-electron chi connectivity index (χ3n) is 7.10. The average Bonchev–Trinajstić information content (AvgIpc) is 2.72. The number of nitrogens with two attached hydrogens (primary N) is 2. The van der Waals surface area contributed by atoms with Crippen LogP contribution in [0, 0.1) is 0 Å². The zero-order valence-electron chi connectivity index (χ0n) is 21.6. The summed E-state index contributed by atoms with van der Waals surface area (Å²) in [6.45, 7) is 13.6. The van der Waals surface area contributed by atoms with Gasteiger partial charge in [0.1, 0.15) is 0 Å². The number of aryl methyl sites for hydroxylation is 2. The Hall–Kier alpha value is -1.64. The van der Waals surface area contributed by atoms with Crippen LogP contribution < -0.4 is 11.5 Å². The molecule has 0 bridgehead atoms. The fourth-order valence-corrected chi connectivity index (χ4v) is 4.55. The fourth-order valence-electron chi connectivity index (χ4n) is 4.55. The van der Waals surface area contributed by atoms with Gasteiger partial charge in [-0.1, -0.05) is 89.1 Å². The Kier molecular flexibility index (Phi) is 9.98. The molecule has 0 aliphatic heterocycles. The summed E-state index contributed by atoms with van der Waals surface area (Å²) < 4.78 is 0. The van der Waals surface area contributed by atoms with Gasteiger partial charge in [-0.25, -0.2) is 0 Å². The molecule has 0 fully saturated rings. The van der Waals surface area contributed by atoms with Crippen LogP contribution in [0.2, 0.25) is 0 Å². The SMILES string of the molecule is CC(N)CCCC(C)(C)c1ccc(CCc2ccc(C(C)(C)CCCC(C)N)cc2)cc1. The van der Waals surface area contributed by atoms with Crippen LogP contribution in [0.3, 0.4) is 0 Å². The van der Waals surface area contributed by atoms with Gasteiger partial charge in [0.25, 0.3) is 0 Å². The second kappa shape index (κ2) is 12.0. The van der Waals surface area contributed by atoms with Crippen molar-refractivity contribution < 1.29 is 0 Å². The van der Waals surface area contributed by atoms with Crippen molar-refractivity contribution in [3.63, 3.8) is 0 Å². The van der Waals surface area contributed by atoms with Gasteiger partial charge in [-0.05, 0) is 85.5 Å². The van der Waals surface area contributed by atoms with E-state index in [1.807, 2.05) is 0 Å². The van der Waals surface area contributed by atoms with Gasteiger partial charge in [-0.3, -0.25) is 0 Å². The van der Waals surface area contributed by atoms with Crippen molar-refractivity contribution in [2.75, 3.05) is 0 Å². The summed E-state index contributed by atoms with van der Waals surface area (Å²) in [5, 5.41) is 0. The Morgan fingerprint density at radius 2 is 0.906 bits per heavy atom. The van der Waals surface area contributed by atoms with Gasteiger partial charge < -0.3 is 11.5 Å². The van der Waals surface area contributed by atoms with Gasteiger partial charge in [0, 0.05) is 12.1 Å². The van der Waals surface area contributed by atoms with Gasteiger partial charge in [0.15, 0.2) is 0 Å². The van der Waals surface area contributed by atoms with E-state index in [0.29, 0.717) is 12.1 Å². The third-order valence-corrected chi connectivity index (χ3v) is 7.10. The first-order valence-electron chi connectivity index (χ1n) is 12.7. The van der Waals surface area contributed by atoms with E-state index in [1.54, 1.807) is 0 Å². The molecule has 2 heteroatoms. The molecule has 0 saturated carbocycles. The van der Waals surface area contributed by atoms with E-state index in [0.717, 1.165) is 25.7 Å². The molecular weight excluding hydrogens is 388 g/mol. The van der Waals surface area contributed by atoms with Crippen molar-refractivity contribution in [1.29, 1.82) is 0 Å². The van der Waals surface area contributed by atoms with E-state index in [4.69, 9.17) is 11.5 Å². The average molecular weight is 437 g/mol. The molecule has 0 heterocycles. The first-order valence-corrected chi connectivity index (χ1v) is 12.7. The molecule has 0 spiro atoms. The van der Waals surface area contributed by atoms with Crippen LogP contribution in [-0.4, -0.2) is 12.1 Å². The number of rotatable bonds is 13. The van der Waals surface area contributed by atoms with Crippen molar-refractivity contribution >= 4 is 0 Å². The molecule has 2 nitrogen and oxygen atoms in total. The molecule has 0 amide bonds. The maximum Gasteiger partial charge on any atom is 0.00104 e. The van der Waals surface area contributed by atoms with Gasteiger partial charge in [0.05, 0.1) is 0 Å². The van der Waals surface area contributed by atoms with E-state index in [9.17, 15) is 0 Å². The minimum absolute atomic E-state index is 0.207. The van der Waals surface area contributed by atoms with E-state index < -0.39 is 0 Å². The summed E-state index contributed by atoms with van der Waals surface area (Å²) in [6.07, 6.45) is 9.11. The van der Waals surface area contributed by atoms with Gasteiger partial charge in [-0.15, -0.1) is 0 Å². The van der Waals surface area contributed by atoms with Crippen molar-refractivity contribution in [2.45, 2.75) is 116 Å². The smallest absolute Gasteiger partial charge is 0.00104 e. The molecule has 32 heavy (non-hydrogen) atoms. The summed E-state index contributed by atoms with van der Waals surface area (Å²) in [5.74, 6) is 0. The van der Waals surface area contributed by atoms with Crippen LogP contribution in [-0.2, 0) is 23.7 Å². The monoisotopic (exact) mass is 436 g/mol. The lowest BCUT2D eigenvalue weighted by molar-refractivity contribution is 0.439. The van der Waals surface area contributed by atoms with Crippen LogP contribution in [0.1, 0.15) is 102 Å². The van der Waals surface area contributed by atoms with Crippen LogP contribution in [0.5, 0.6) is 0 Å². The van der Waals surface area contributed by atoms with Crippen LogP contribution in [0.4, 0.5) is 0 Å². The predicted molar refractivity (Wildman–Crippen MR) is 141 cm³/mol. The molecule has 4 N–H and O–H groups in total. The van der Waals surface area contributed by atoms with Crippen molar-refractivity contribution in [1.82, 2.24) is 0 Å². The lowest BCUT2D eigenvalue weighted by atomic mass is 9.79. The fraction of sp³-hybridized carbons (Fsp3) is 0.600. The van der Waals surface area contributed by atoms with Crippen molar-refractivity contribution in [2.24, 2.45) is 11.5 Å². The maximum atomic E-state index is 5.92. The third kappa shape index (κ3) is 8.71. The first-order chi connectivity index (χ1) is 15.0. The highest BCUT2D eigenvalue weighted by molar-refractivity contribution is 5.31. The standard InChI is InChI=1S/C30H48N2/c1-23(31)9-7-21-29(3,4)27-17-13-25(14-18-27)11-12-26-15-19-28(20-16-26)30(5,6)22-8-10-24(2)32/h13-20,23-24H,7-12,21-22,31-32H2,1-6H3. The van der Waals surface area contributed by atoms with Crippen LogP contribution in [0.25, 0.3) is 0 Å². The van der Waals surface area contributed by atoms with E-state index >= 15 is 0 Å². The number of benzene rings is 2. The maximum absolute atomic E-state index is 5.92. The summed E-state index contributed by atoms with van der Waals surface area (Å²) >= 11 is 0. The summed E-state index contributed by atoms with van der Waals surface area (Å²) in [4.78, 5) is 0. The van der Waals surface area contributed by atoms with Crippen molar-refractivity contribution in [3.8, 4) is 0 Å². The molecule has 2 aromatic carbocycles. The minimum Gasteiger partial charge on any atom is -0.328 e. The number of hydrogen-bond acceptors (Lipinski definition) is 2. The molecule has 2 unspecified atom stereocenters. The minimum atomic E-state index is 0.207.